The van der Waals surface area contributed by atoms with Crippen molar-refractivity contribution in [2.45, 2.75) is 72.8 Å². The monoisotopic (exact) mass is 598 g/mol. The van der Waals surface area contributed by atoms with E-state index in [0.717, 1.165) is 34.2 Å². The number of nitrogens with one attached hydrogen (secondary N) is 1. The average molecular weight is 599 g/mol. The molecule has 1 amide bonds. The summed E-state index contributed by atoms with van der Waals surface area (Å²) >= 11 is 0. The molecule has 0 fully saturated rings. The summed E-state index contributed by atoms with van der Waals surface area (Å²) in [4.78, 5) is 52.3. The van der Waals surface area contributed by atoms with Crippen molar-refractivity contribution in [2.24, 2.45) is 23.0 Å². The van der Waals surface area contributed by atoms with E-state index in [1.54, 1.807) is 0 Å². The van der Waals surface area contributed by atoms with Crippen LogP contribution in [0.5, 0.6) is 0 Å². The highest BCUT2D eigenvalue weighted by Crippen LogP contribution is 2.38. The zero-order chi connectivity index (χ0) is 32.0. The Morgan fingerprint density at radius 1 is 0.841 bits per heavy atom. The summed E-state index contributed by atoms with van der Waals surface area (Å²) < 4.78 is 10.9. The van der Waals surface area contributed by atoms with Crippen LogP contribution in [0.3, 0.4) is 0 Å². The van der Waals surface area contributed by atoms with E-state index < -0.39 is 47.0 Å². The molecule has 1 aliphatic carbocycles. The van der Waals surface area contributed by atoms with E-state index in [9.17, 15) is 19.2 Å². The number of carbonyl (C=O) groups is 4. The molecule has 1 unspecified atom stereocenters. The van der Waals surface area contributed by atoms with Gasteiger partial charge in [0.25, 0.3) is 5.78 Å². The van der Waals surface area contributed by atoms with Crippen molar-refractivity contribution in [2.75, 3.05) is 0 Å². The first-order valence-corrected chi connectivity index (χ1v) is 15.0. The van der Waals surface area contributed by atoms with E-state index in [0.29, 0.717) is 0 Å². The van der Waals surface area contributed by atoms with Crippen molar-refractivity contribution in [3.05, 3.63) is 95.1 Å². The Labute approximate surface area is 259 Å². The highest BCUT2D eigenvalue weighted by Gasteiger charge is 2.38. The van der Waals surface area contributed by atoms with E-state index in [1.165, 1.54) is 5.56 Å². The predicted molar refractivity (Wildman–Crippen MR) is 168 cm³/mol. The number of fused-ring (bicyclic) bond motifs is 3. The van der Waals surface area contributed by atoms with E-state index in [-0.39, 0.29) is 25.6 Å². The van der Waals surface area contributed by atoms with Gasteiger partial charge in [-0.25, -0.2) is 9.59 Å². The van der Waals surface area contributed by atoms with Crippen molar-refractivity contribution < 1.29 is 28.7 Å². The zero-order valence-corrected chi connectivity index (χ0v) is 26.1. The molecule has 44 heavy (non-hydrogen) atoms. The second-order valence-electron chi connectivity index (χ2n) is 12.8. The third kappa shape index (κ3) is 7.80. The summed E-state index contributed by atoms with van der Waals surface area (Å²) in [5.41, 5.74) is 11.8. The number of nitrogens with two attached hydrogens (primary N) is 1. The van der Waals surface area contributed by atoms with Gasteiger partial charge in [-0.05, 0) is 57.6 Å². The lowest BCUT2D eigenvalue weighted by Gasteiger charge is -2.33. The van der Waals surface area contributed by atoms with Crippen molar-refractivity contribution in [1.82, 2.24) is 5.32 Å². The van der Waals surface area contributed by atoms with Crippen LogP contribution in [0.2, 0.25) is 0 Å². The molecule has 0 saturated carbocycles. The van der Waals surface area contributed by atoms with Gasteiger partial charge >= 0.3 is 11.9 Å². The molecule has 0 radical (unpaired) electrons. The summed E-state index contributed by atoms with van der Waals surface area (Å²) in [6.07, 6.45) is 0.634. The minimum Gasteiger partial charge on any atom is -0.459 e. The number of hydrogen-bond donors (Lipinski definition) is 2. The third-order valence-electron chi connectivity index (χ3n) is 8.14. The molecule has 0 aromatic heterocycles. The largest absolute Gasteiger partial charge is 0.459 e. The van der Waals surface area contributed by atoms with Gasteiger partial charge in [0.2, 0.25) is 5.91 Å². The van der Waals surface area contributed by atoms with E-state index in [2.05, 4.69) is 17.4 Å². The van der Waals surface area contributed by atoms with Crippen LogP contribution in [-0.4, -0.2) is 35.7 Å². The molecule has 1 aliphatic rings. The fraction of sp³-hybridized carbons (Fsp3) is 0.389. The maximum absolute atomic E-state index is 13.5. The summed E-state index contributed by atoms with van der Waals surface area (Å²) in [5, 5.41) is 2.81. The normalized spacial score (nSPS) is 14.2. The molecule has 0 saturated heterocycles. The van der Waals surface area contributed by atoms with Gasteiger partial charge in [-0.2, -0.15) is 0 Å². The Hall–Kier alpha value is -4.30. The Morgan fingerprint density at radius 3 is 2.18 bits per heavy atom. The van der Waals surface area contributed by atoms with Crippen molar-refractivity contribution in [3.63, 3.8) is 0 Å². The zero-order valence-electron chi connectivity index (χ0n) is 26.1. The van der Waals surface area contributed by atoms with Gasteiger partial charge in [-0.15, -0.1) is 0 Å². The number of Topliss-reactive ketones (excluding diaryl/α,β-unsaturated/α-hetero) is 1. The van der Waals surface area contributed by atoms with Crippen LogP contribution >= 0.6 is 0 Å². The summed E-state index contributed by atoms with van der Waals surface area (Å²) in [6, 6.07) is 21.1. The predicted octanol–water partition coefficient (Wildman–Crippen LogP) is 5.13. The van der Waals surface area contributed by atoms with Crippen molar-refractivity contribution >= 4 is 23.6 Å². The topological polar surface area (TPSA) is 125 Å². The fourth-order valence-corrected chi connectivity index (χ4v) is 5.51. The molecule has 3 aromatic carbocycles. The molecule has 3 atom stereocenters. The van der Waals surface area contributed by atoms with Crippen LogP contribution in [-0.2, 0) is 48.3 Å². The van der Waals surface area contributed by atoms with Gasteiger partial charge in [0.05, 0.1) is 6.04 Å². The highest BCUT2D eigenvalue weighted by molar-refractivity contribution is 6.35. The third-order valence-corrected chi connectivity index (χ3v) is 8.14. The number of hydrogen-bond acceptors (Lipinski definition) is 7. The molecule has 3 N–H and O–H groups in total. The van der Waals surface area contributed by atoms with Crippen molar-refractivity contribution in [3.8, 4) is 11.1 Å². The molecule has 8 nitrogen and oxygen atoms in total. The standard InChI is InChI=1S/C36H42N2O6/c1-22(2)31(34(41)43-20-23-12-7-6-8-13-23)38-33(40)29(36(3,4)5)19-30(37)32(39)35(42)44-21-25-15-11-17-27-26-16-10-9-14-24(26)18-28(25)27/h6-17,22,29-31H,18-21,37H2,1-5H3,(H,38,40)/t29?,30-,31-/m0/s1. The Kier molecular flexibility index (Phi) is 10.4. The van der Waals surface area contributed by atoms with Gasteiger partial charge in [-0.3, -0.25) is 9.59 Å². The first-order chi connectivity index (χ1) is 20.9. The van der Waals surface area contributed by atoms with Gasteiger partial charge < -0.3 is 20.5 Å². The number of ether oxygens (including phenoxy) is 2. The van der Waals surface area contributed by atoms with Crippen LogP contribution in [0, 0.1) is 17.3 Å². The number of esters is 2. The molecule has 0 spiro atoms. The number of benzene rings is 3. The van der Waals surface area contributed by atoms with Gasteiger partial charge in [-0.1, -0.05) is 107 Å². The minimum atomic E-state index is -1.26. The van der Waals surface area contributed by atoms with Crippen LogP contribution in [0.15, 0.2) is 72.8 Å². The molecule has 8 heteroatoms. The Bertz CT molecular complexity index is 1510. The lowest BCUT2D eigenvalue weighted by Crippen LogP contribution is -2.51. The van der Waals surface area contributed by atoms with Gasteiger partial charge in [0.1, 0.15) is 19.3 Å². The molecule has 3 aromatic rings. The number of carbonyl (C=O) groups excluding carboxylic acids is 4. The first kappa shape index (κ1) is 32.6. The lowest BCUT2D eigenvalue weighted by molar-refractivity contribution is -0.156. The lowest BCUT2D eigenvalue weighted by atomic mass is 9.76. The smallest absolute Gasteiger partial charge is 0.376 e. The van der Waals surface area contributed by atoms with Crippen LogP contribution < -0.4 is 11.1 Å². The van der Waals surface area contributed by atoms with E-state index in [4.69, 9.17) is 15.2 Å². The molecular weight excluding hydrogens is 556 g/mol. The maximum Gasteiger partial charge on any atom is 0.376 e. The van der Waals surface area contributed by atoms with Gasteiger partial charge in [0.15, 0.2) is 0 Å². The molecule has 0 aliphatic heterocycles. The second-order valence-corrected chi connectivity index (χ2v) is 12.8. The first-order valence-electron chi connectivity index (χ1n) is 15.0. The Morgan fingerprint density at radius 2 is 1.50 bits per heavy atom. The molecule has 0 bridgehead atoms. The maximum atomic E-state index is 13.5. The molecule has 4 rings (SSSR count). The van der Waals surface area contributed by atoms with Gasteiger partial charge in [0, 0.05) is 5.92 Å². The number of amides is 1. The van der Waals surface area contributed by atoms with E-state index >= 15 is 0 Å². The minimum absolute atomic E-state index is 0.0567. The molecule has 232 valence electrons. The quantitative estimate of drug-likeness (QED) is 0.171. The fourth-order valence-electron chi connectivity index (χ4n) is 5.51. The highest BCUT2D eigenvalue weighted by atomic mass is 16.5. The summed E-state index contributed by atoms with van der Waals surface area (Å²) in [7, 11) is 0. The summed E-state index contributed by atoms with van der Waals surface area (Å²) in [6.45, 7) is 9.19. The van der Waals surface area contributed by atoms with E-state index in [1.807, 2.05) is 95.3 Å². The van der Waals surface area contributed by atoms with Crippen LogP contribution in [0.25, 0.3) is 11.1 Å². The van der Waals surface area contributed by atoms with Crippen LogP contribution in [0.1, 0.15) is 63.3 Å². The molecule has 0 heterocycles. The number of ketones is 1. The SMILES string of the molecule is CC(C)[C@H](NC(=O)C(C[C@H](N)C(=O)C(=O)OCc1cccc2c1Cc1ccccc1-2)C(C)(C)C)C(=O)OCc1ccccc1. The second kappa shape index (κ2) is 14.0. The van der Waals surface area contributed by atoms with Crippen molar-refractivity contribution in [1.29, 1.82) is 0 Å². The molecular formula is C36H42N2O6. The average Bonchev–Trinajstić information content (AvgIpc) is 3.38. The number of rotatable bonds is 12. The Balaban J connectivity index is 1.36. The van der Waals surface area contributed by atoms with Crippen LogP contribution in [0.4, 0.5) is 0 Å². The summed E-state index contributed by atoms with van der Waals surface area (Å²) in [5.74, 6) is -3.95.